The molecule has 2 aromatic carbocycles. The molecule has 1 fully saturated rings. The van der Waals surface area contributed by atoms with Crippen LogP contribution in [0.15, 0.2) is 60.7 Å². The van der Waals surface area contributed by atoms with Gasteiger partial charge in [-0.1, -0.05) is 60.7 Å². The van der Waals surface area contributed by atoms with Crippen LogP contribution in [0.2, 0.25) is 0 Å². The second-order valence-corrected chi connectivity index (χ2v) is 6.98. The largest absolute Gasteiger partial charge is 0.480 e. The van der Waals surface area contributed by atoms with Crippen LogP contribution in [0.3, 0.4) is 0 Å². The number of carboxylic acids is 1. The Balaban J connectivity index is 1.59. The molecular weight excluding hydrogens is 372 g/mol. The molecule has 29 heavy (non-hydrogen) atoms. The number of rotatable bonds is 7. The van der Waals surface area contributed by atoms with Gasteiger partial charge in [-0.05, 0) is 24.0 Å². The van der Waals surface area contributed by atoms with Crippen molar-refractivity contribution < 1.29 is 24.2 Å². The Kier molecular flexibility index (Phi) is 6.84. The van der Waals surface area contributed by atoms with Crippen molar-refractivity contribution in [2.24, 2.45) is 0 Å². The summed E-state index contributed by atoms with van der Waals surface area (Å²) < 4.78 is 5.33. The second-order valence-electron chi connectivity index (χ2n) is 6.98. The number of likely N-dealkylation sites (tertiary alicyclic amines) is 1. The lowest BCUT2D eigenvalue weighted by molar-refractivity contribution is -0.142. The minimum atomic E-state index is -1.11. The summed E-state index contributed by atoms with van der Waals surface area (Å²) in [5.41, 5.74) is 1.67. The molecule has 2 amide bonds. The maximum Gasteiger partial charge on any atom is 0.410 e. The van der Waals surface area contributed by atoms with Crippen molar-refractivity contribution in [3.05, 3.63) is 71.8 Å². The summed E-state index contributed by atoms with van der Waals surface area (Å²) in [5.74, 6) is -1.58. The Morgan fingerprint density at radius 2 is 1.66 bits per heavy atom. The Morgan fingerprint density at radius 1 is 1.03 bits per heavy atom. The van der Waals surface area contributed by atoms with Crippen LogP contribution < -0.4 is 5.32 Å². The van der Waals surface area contributed by atoms with E-state index in [-0.39, 0.29) is 13.0 Å². The van der Waals surface area contributed by atoms with E-state index in [4.69, 9.17) is 4.74 Å². The standard InChI is InChI=1S/C22H24N2O5/c25-20(23-18(21(26)27)14-16-8-3-1-4-9-16)19-12-7-13-24(19)22(28)29-15-17-10-5-2-6-11-17/h1-6,8-11,18-19H,7,12-15H2,(H,23,25)(H,26,27)/t18-,19?/m0/s1. The number of ether oxygens (including phenoxy) is 1. The maximum absolute atomic E-state index is 12.7. The summed E-state index contributed by atoms with van der Waals surface area (Å²) in [6.07, 6.45) is 0.743. The summed E-state index contributed by atoms with van der Waals surface area (Å²) in [4.78, 5) is 38.2. The molecular formula is C22H24N2O5. The first-order chi connectivity index (χ1) is 14.0. The van der Waals surface area contributed by atoms with Crippen LogP contribution in [0.5, 0.6) is 0 Å². The van der Waals surface area contributed by atoms with Gasteiger partial charge >= 0.3 is 12.1 Å². The molecule has 152 valence electrons. The van der Waals surface area contributed by atoms with Crippen LogP contribution in [0, 0.1) is 0 Å². The molecule has 1 unspecified atom stereocenters. The third-order valence-electron chi connectivity index (χ3n) is 4.89. The van der Waals surface area contributed by atoms with Crippen molar-refractivity contribution >= 4 is 18.0 Å². The molecule has 2 N–H and O–H groups in total. The zero-order valence-electron chi connectivity index (χ0n) is 16.0. The molecule has 2 aromatic rings. The Bertz CT molecular complexity index is 841. The third-order valence-corrected chi connectivity index (χ3v) is 4.89. The van der Waals surface area contributed by atoms with Crippen LogP contribution in [0.4, 0.5) is 4.79 Å². The Morgan fingerprint density at radius 3 is 2.28 bits per heavy atom. The van der Waals surface area contributed by atoms with Crippen LogP contribution >= 0.6 is 0 Å². The number of hydrogen-bond donors (Lipinski definition) is 2. The van der Waals surface area contributed by atoms with Gasteiger partial charge in [-0.25, -0.2) is 9.59 Å². The van der Waals surface area contributed by atoms with Gasteiger partial charge < -0.3 is 15.2 Å². The predicted molar refractivity (Wildman–Crippen MR) is 106 cm³/mol. The summed E-state index contributed by atoms with van der Waals surface area (Å²) in [6.45, 7) is 0.526. The highest BCUT2D eigenvalue weighted by Crippen LogP contribution is 2.19. The van der Waals surface area contributed by atoms with Crippen LogP contribution in [0.1, 0.15) is 24.0 Å². The number of carboxylic acid groups (broad SMARTS) is 1. The van der Waals surface area contributed by atoms with Crippen molar-refractivity contribution in [1.82, 2.24) is 10.2 Å². The monoisotopic (exact) mass is 396 g/mol. The molecule has 1 saturated heterocycles. The quantitative estimate of drug-likeness (QED) is 0.750. The van der Waals surface area contributed by atoms with E-state index in [1.54, 1.807) is 0 Å². The first-order valence-corrected chi connectivity index (χ1v) is 9.59. The number of nitrogens with one attached hydrogen (secondary N) is 1. The van der Waals surface area contributed by atoms with Gasteiger partial charge in [0.25, 0.3) is 0 Å². The van der Waals surface area contributed by atoms with E-state index >= 15 is 0 Å². The summed E-state index contributed by atoms with van der Waals surface area (Å²) >= 11 is 0. The fraction of sp³-hybridized carbons (Fsp3) is 0.318. The van der Waals surface area contributed by atoms with E-state index in [2.05, 4.69) is 5.32 Å². The highest BCUT2D eigenvalue weighted by molar-refractivity contribution is 5.89. The van der Waals surface area contributed by atoms with Gasteiger partial charge in [0.05, 0.1) is 0 Å². The smallest absolute Gasteiger partial charge is 0.410 e. The molecule has 1 aliphatic heterocycles. The lowest BCUT2D eigenvalue weighted by Gasteiger charge is -2.25. The van der Waals surface area contributed by atoms with Gasteiger partial charge in [0.15, 0.2) is 0 Å². The average molecular weight is 396 g/mol. The molecule has 0 aliphatic carbocycles. The molecule has 0 saturated carbocycles. The van der Waals surface area contributed by atoms with Gasteiger partial charge in [0, 0.05) is 13.0 Å². The minimum Gasteiger partial charge on any atom is -0.480 e. The second kappa shape index (κ2) is 9.73. The third kappa shape index (κ3) is 5.57. The van der Waals surface area contributed by atoms with E-state index in [1.165, 1.54) is 4.90 Å². The fourth-order valence-electron chi connectivity index (χ4n) is 3.38. The lowest BCUT2D eigenvalue weighted by Crippen LogP contribution is -2.51. The molecule has 2 atom stereocenters. The van der Waals surface area contributed by atoms with E-state index < -0.39 is 30.1 Å². The molecule has 7 nitrogen and oxygen atoms in total. The topological polar surface area (TPSA) is 95.9 Å². The molecule has 0 bridgehead atoms. The van der Waals surface area contributed by atoms with Gasteiger partial charge in [-0.2, -0.15) is 0 Å². The number of amides is 2. The van der Waals surface area contributed by atoms with E-state index in [1.807, 2.05) is 60.7 Å². The summed E-state index contributed by atoms with van der Waals surface area (Å²) in [5, 5.41) is 12.1. The van der Waals surface area contributed by atoms with Gasteiger partial charge in [-0.15, -0.1) is 0 Å². The number of hydrogen-bond acceptors (Lipinski definition) is 4. The lowest BCUT2D eigenvalue weighted by atomic mass is 10.1. The first-order valence-electron chi connectivity index (χ1n) is 9.59. The predicted octanol–water partition coefficient (Wildman–Crippen LogP) is 2.60. The summed E-state index contributed by atoms with van der Waals surface area (Å²) in [6, 6.07) is 16.6. The number of nitrogens with zero attached hydrogens (tertiary/aromatic N) is 1. The molecule has 0 radical (unpaired) electrons. The molecule has 0 aromatic heterocycles. The van der Waals surface area contributed by atoms with Crippen LogP contribution in [0.25, 0.3) is 0 Å². The van der Waals surface area contributed by atoms with Crippen molar-refractivity contribution in [3.8, 4) is 0 Å². The van der Waals surface area contributed by atoms with Crippen molar-refractivity contribution in [3.63, 3.8) is 0 Å². The van der Waals surface area contributed by atoms with E-state index in [9.17, 15) is 19.5 Å². The van der Waals surface area contributed by atoms with Crippen molar-refractivity contribution in [2.45, 2.75) is 38.0 Å². The van der Waals surface area contributed by atoms with Gasteiger partial charge in [0.1, 0.15) is 18.7 Å². The zero-order valence-corrected chi connectivity index (χ0v) is 16.0. The Hall–Kier alpha value is -3.35. The minimum absolute atomic E-state index is 0.121. The highest BCUT2D eigenvalue weighted by Gasteiger charge is 2.36. The molecule has 7 heteroatoms. The number of aliphatic carboxylic acids is 1. The first kappa shape index (κ1) is 20.4. The van der Waals surface area contributed by atoms with E-state index in [0.717, 1.165) is 11.1 Å². The fourth-order valence-corrected chi connectivity index (χ4v) is 3.38. The van der Waals surface area contributed by atoms with Gasteiger partial charge in [-0.3, -0.25) is 9.69 Å². The highest BCUT2D eigenvalue weighted by atomic mass is 16.6. The van der Waals surface area contributed by atoms with Crippen LogP contribution in [-0.4, -0.2) is 46.6 Å². The van der Waals surface area contributed by atoms with Crippen molar-refractivity contribution in [1.29, 1.82) is 0 Å². The summed E-state index contributed by atoms with van der Waals surface area (Å²) in [7, 11) is 0. The van der Waals surface area contributed by atoms with Gasteiger partial charge in [0.2, 0.25) is 5.91 Å². The SMILES string of the molecule is O=C(N[C@@H](Cc1ccccc1)C(=O)O)C1CCCN1C(=O)OCc1ccccc1. The van der Waals surface area contributed by atoms with Crippen LogP contribution in [-0.2, 0) is 27.4 Å². The Labute approximate surface area is 169 Å². The normalized spacial score (nSPS) is 16.8. The molecule has 0 spiro atoms. The zero-order chi connectivity index (χ0) is 20.6. The molecule has 3 rings (SSSR count). The average Bonchev–Trinajstić information content (AvgIpc) is 3.23. The van der Waals surface area contributed by atoms with E-state index in [0.29, 0.717) is 19.4 Å². The number of carbonyl (C=O) groups is 3. The van der Waals surface area contributed by atoms with Crippen molar-refractivity contribution in [2.75, 3.05) is 6.54 Å². The molecule has 1 heterocycles. The number of benzene rings is 2. The maximum atomic E-state index is 12.7. The molecule has 1 aliphatic rings. The number of carbonyl (C=O) groups excluding carboxylic acids is 2.